The Balaban J connectivity index is 1.97. The predicted molar refractivity (Wildman–Crippen MR) is 93.0 cm³/mol. The van der Waals surface area contributed by atoms with E-state index >= 15 is 0 Å². The van der Waals surface area contributed by atoms with Crippen LogP contribution in [-0.4, -0.2) is 0 Å². The Bertz CT molecular complexity index is 640. The number of thiophene rings is 2. The first-order valence-corrected chi connectivity index (χ1v) is 8.89. The molecule has 0 fully saturated rings. The minimum absolute atomic E-state index is 0.216. The minimum Gasteiger partial charge on any atom is -0.372 e. The lowest BCUT2D eigenvalue weighted by Gasteiger charge is -2.19. The van der Waals surface area contributed by atoms with Crippen LogP contribution in [0.1, 0.15) is 21.4 Å². The van der Waals surface area contributed by atoms with Gasteiger partial charge < -0.3 is 5.32 Å². The van der Waals surface area contributed by atoms with Crippen LogP contribution in [0.3, 0.4) is 0 Å². The van der Waals surface area contributed by atoms with Crippen molar-refractivity contribution in [1.29, 1.82) is 0 Å². The van der Waals surface area contributed by atoms with E-state index in [0.29, 0.717) is 0 Å². The van der Waals surface area contributed by atoms with Crippen LogP contribution in [0.4, 0.5) is 5.69 Å². The van der Waals surface area contributed by atoms with Gasteiger partial charge >= 0.3 is 0 Å². The number of anilines is 1. The van der Waals surface area contributed by atoms with Crippen molar-refractivity contribution >= 4 is 44.3 Å². The molecule has 0 saturated carbocycles. The molecule has 0 atom stereocenters. The smallest absolute Gasteiger partial charge is 0.0953 e. The summed E-state index contributed by atoms with van der Waals surface area (Å²) in [5.74, 6) is 0. The molecule has 3 aromatic rings. The maximum atomic E-state index is 3.67. The lowest BCUT2D eigenvalue weighted by atomic mass is 10.1. The van der Waals surface area contributed by atoms with Crippen LogP contribution in [0.2, 0.25) is 0 Å². The van der Waals surface area contributed by atoms with Gasteiger partial charge in [0.25, 0.3) is 0 Å². The van der Waals surface area contributed by atoms with E-state index in [1.807, 2.05) is 0 Å². The van der Waals surface area contributed by atoms with Crippen molar-refractivity contribution in [2.24, 2.45) is 0 Å². The van der Waals surface area contributed by atoms with E-state index < -0.39 is 0 Å². The molecule has 1 N–H and O–H groups in total. The van der Waals surface area contributed by atoms with E-state index in [0.717, 1.165) is 10.2 Å². The maximum absolute atomic E-state index is 3.67. The van der Waals surface area contributed by atoms with Gasteiger partial charge in [-0.15, -0.1) is 22.7 Å². The third kappa shape index (κ3) is 2.97. The molecule has 0 amide bonds. The number of hydrogen-bond donors (Lipinski definition) is 1. The molecule has 102 valence electrons. The molecule has 0 aliphatic carbocycles. The monoisotopic (exact) mass is 363 g/mol. The molecular weight excluding hydrogens is 350 g/mol. The second-order valence-corrected chi connectivity index (χ2v) is 7.40. The third-order valence-electron chi connectivity index (χ3n) is 3.08. The molecule has 4 heteroatoms. The summed E-state index contributed by atoms with van der Waals surface area (Å²) in [6, 6.07) is 15.2. The van der Waals surface area contributed by atoms with Gasteiger partial charge in [0.15, 0.2) is 0 Å². The van der Waals surface area contributed by atoms with Gasteiger partial charge in [-0.1, -0.05) is 18.2 Å². The van der Waals surface area contributed by atoms with Gasteiger partial charge in [0.2, 0.25) is 0 Å². The number of rotatable bonds is 4. The topological polar surface area (TPSA) is 12.0 Å². The molecule has 0 aliphatic heterocycles. The van der Waals surface area contributed by atoms with Gasteiger partial charge in [-0.05, 0) is 63.4 Å². The Kier molecular flexibility index (Phi) is 4.24. The van der Waals surface area contributed by atoms with Crippen molar-refractivity contribution in [2.75, 3.05) is 5.32 Å². The minimum atomic E-state index is 0.216. The quantitative estimate of drug-likeness (QED) is 0.591. The number of hydrogen-bond acceptors (Lipinski definition) is 3. The highest BCUT2D eigenvalue weighted by molar-refractivity contribution is 9.10. The average Bonchev–Trinajstić information content (AvgIpc) is 3.12. The predicted octanol–water partition coefficient (Wildman–Crippen LogP) is 6.08. The largest absolute Gasteiger partial charge is 0.372 e. The van der Waals surface area contributed by atoms with Crippen LogP contribution in [0.15, 0.2) is 57.7 Å². The molecule has 0 unspecified atom stereocenters. The van der Waals surface area contributed by atoms with Crippen molar-refractivity contribution in [1.82, 2.24) is 0 Å². The zero-order valence-electron chi connectivity index (χ0n) is 11.0. The van der Waals surface area contributed by atoms with Crippen LogP contribution >= 0.6 is 38.6 Å². The van der Waals surface area contributed by atoms with Gasteiger partial charge in [0.1, 0.15) is 0 Å². The Hall–Kier alpha value is -1.10. The Labute approximate surface area is 135 Å². The van der Waals surface area contributed by atoms with E-state index in [1.165, 1.54) is 15.3 Å². The number of halogens is 1. The number of aryl methyl sites for hydroxylation is 1. The third-order valence-corrected chi connectivity index (χ3v) is 5.64. The first-order valence-electron chi connectivity index (χ1n) is 6.33. The molecule has 0 saturated heterocycles. The van der Waals surface area contributed by atoms with Gasteiger partial charge in [0, 0.05) is 19.9 Å². The fourth-order valence-electron chi connectivity index (χ4n) is 2.10. The van der Waals surface area contributed by atoms with E-state index in [9.17, 15) is 0 Å². The van der Waals surface area contributed by atoms with Gasteiger partial charge in [0.05, 0.1) is 6.04 Å². The van der Waals surface area contributed by atoms with Gasteiger partial charge in [-0.2, -0.15) is 0 Å². The fourth-order valence-corrected chi connectivity index (χ4v) is 4.12. The fraction of sp³-hybridized carbons (Fsp3) is 0.125. The summed E-state index contributed by atoms with van der Waals surface area (Å²) in [5, 5.41) is 7.92. The second kappa shape index (κ2) is 6.12. The molecule has 0 bridgehead atoms. The highest BCUT2D eigenvalue weighted by Gasteiger charge is 2.17. The first-order chi connectivity index (χ1) is 9.74. The summed E-state index contributed by atoms with van der Waals surface area (Å²) in [6.07, 6.45) is 0. The molecule has 1 nitrogen and oxygen atoms in total. The van der Waals surface area contributed by atoms with Gasteiger partial charge in [-0.3, -0.25) is 0 Å². The SMILES string of the molecule is Cc1ccc(Br)c(NC(c2cccs2)c2cccs2)c1. The summed E-state index contributed by atoms with van der Waals surface area (Å²) in [4.78, 5) is 2.67. The summed E-state index contributed by atoms with van der Waals surface area (Å²) >= 11 is 7.20. The van der Waals surface area contributed by atoms with Crippen molar-refractivity contribution in [3.8, 4) is 0 Å². The normalized spacial score (nSPS) is 10.9. The van der Waals surface area contributed by atoms with Gasteiger partial charge in [-0.25, -0.2) is 0 Å². The maximum Gasteiger partial charge on any atom is 0.0953 e. The molecule has 0 aliphatic rings. The molecule has 0 spiro atoms. The summed E-state index contributed by atoms with van der Waals surface area (Å²) < 4.78 is 1.10. The Morgan fingerprint density at radius 1 is 1.00 bits per heavy atom. The highest BCUT2D eigenvalue weighted by atomic mass is 79.9. The zero-order chi connectivity index (χ0) is 13.9. The number of nitrogens with one attached hydrogen (secondary N) is 1. The molecule has 1 aromatic carbocycles. The van der Waals surface area contributed by atoms with E-state index in [4.69, 9.17) is 0 Å². The number of benzene rings is 1. The summed E-state index contributed by atoms with van der Waals surface area (Å²) in [6.45, 7) is 2.11. The molecule has 2 aromatic heterocycles. The lowest BCUT2D eigenvalue weighted by Crippen LogP contribution is -2.10. The standard InChI is InChI=1S/C16H14BrNS2/c1-11-6-7-12(17)13(10-11)18-16(14-4-2-8-19-14)15-5-3-9-20-15/h2-10,16,18H,1H3. The van der Waals surface area contributed by atoms with E-state index in [1.54, 1.807) is 22.7 Å². The van der Waals surface area contributed by atoms with E-state index in [2.05, 4.69) is 81.4 Å². The van der Waals surface area contributed by atoms with Crippen LogP contribution in [0.25, 0.3) is 0 Å². The second-order valence-electron chi connectivity index (χ2n) is 4.59. The van der Waals surface area contributed by atoms with E-state index in [-0.39, 0.29) is 6.04 Å². The molecule has 2 heterocycles. The summed E-state index contributed by atoms with van der Waals surface area (Å²) in [7, 11) is 0. The highest BCUT2D eigenvalue weighted by Crippen LogP contribution is 2.35. The molecular formula is C16H14BrNS2. The molecule has 3 rings (SSSR count). The zero-order valence-corrected chi connectivity index (χ0v) is 14.2. The van der Waals surface area contributed by atoms with Crippen LogP contribution in [0, 0.1) is 6.92 Å². The average molecular weight is 364 g/mol. The Morgan fingerprint density at radius 2 is 1.65 bits per heavy atom. The van der Waals surface area contributed by atoms with Crippen molar-refractivity contribution < 1.29 is 0 Å². The van der Waals surface area contributed by atoms with Crippen molar-refractivity contribution in [2.45, 2.75) is 13.0 Å². The van der Waals surface area contributed by atoms with Crippen LogP contribution in [-0.2, 0) is 0 Å². The van der Waals surface area contributed by atoms with Crippen molar-refractivity contribution in [3.05, 3.63) is 73.0 Å². The van der Waals surface area contributed by atoms with Crippen molar-refractivity contribution in [3.63, 3.8) is 0 Å². The first kappa shape index (κ1) is 13.9. The van der Waals surface area contributed by atoms with Crippen LogP contribution < -0.4 is 5.32 Å². The molecule has 0 radical (unpaired) electrons. The van der Waals surface area contributed by atoms with Crippen LogP contribution in [0.5, 0.6) is 0 Å². The lowest BCUT2D eigenvalue weighted by molar-refractivity contribution is 0.990. The molecule has 20 heavy (non-hydrogen) atoms. The summed E-state index contributed by atoms with van der Waals surface area (Å²) in [5.41, 5.74) is 2.39. The Morgan fingerprint density at radius 3 is 2.20 bits per heavy atom.